The Morgan fingerprint density at radius 2 is 2.26 bits per heavy atom. The lowest BCUT2D eigenvalue weighted by Crippen LogP contribution is -2.37. The second-order valence-electron chi connectivity index (χ2n) is 4.76. The molecule has 0 spiro atoms. The Kier molecular flexibility index (Phi) is 4.71. The molecule has 4 heteroatoms. The summed E-state index contributed by atoms with van der Waals surface area (Å²) in [5.41, 5.74) is 5.10. The third-order valence-electron chi connectivity index (χ3n) is 3.30. The Morgan fingerprint density at radius 3 is 2.95 bits per heavy atom. The van der Waals surface area contributed by atoms with Crippen LogP contribution in [0.15, 0.2) is 36.9 Å². The van der Waals surface area contributed by atoms with Crippen LogP contribution in [0.25, 0.3) is 11.0 Å². The third kappa shape index (κ3) is 3.03. The van der Waals surface area contributed by atoms with E-state index in [1.54, 1.807) is 0 Å². The predicted octanol–water partition coefficient (Wildman–Crippen LogP) is 2.40. The van der Waals surface area contributed by atoms with E-state index in [1.807, 2.05) is 12.1 Å². The number of hydrogen-bond acceptors (Lipinski definition) is 3. The van der Waals surface area contributed by atoms with E-state index in [0.29, 0.717) is 0 Å². The van der Waals surface area contributed by atoms with Crippen molar-refractivity contribution in [3.05, 3.63) is 42.7 Å². The number of para-hydroxylation sites is 2. The van der Waals surface area contributed by atoms with Crippen molar-refractivity contribution in [1.29, 1.82) is 0 Å². The van der Waals surface area contributed by atoms with Crippen molar-refractivity contribution < 1.29 is 0 Å². The Labute approximate surface area is 114 Å². The summed E-state index contributed by atoms with van der Waals surface area (Å²) in [6.07, 6.45) is 4.63. The van der Waals surface area contributed by atoms with Crippen molar-refractivity contribution in [3.63, 3.8) is 0 Å². The summed E-state index contributed by atoms with van der Waals surface area (Å²) in [6.45, 7) is 6.94. The van der Waals surface area contributed by atoms with Crippen LogP contribution in [0.1, 0.15) is 25.6 Å². The van der Waals surface area contributed by atoms with Gasteiger partial charge in [-0.3, -0.25) is 11.3 Å². The summed E-state index contributed by atoms with van der Waals surface area (Å²) in [5.74, 6) is 6.68. The van der Waals surface area contributed by atoms with Gasteiger partial charge in [-0.2, -0.15) is 0 Å². The molecule has 3 N–H and O–H groups in total. The van der Waals surface area contributed by atoms with E-state index in [0.717, 1.165) is 37.1 Å². The van der Waals surface area contributed by atoms with Crippen molar-refractivity contribution in [2.24, 2.45) is 5.84 Å². The maximum Gasteiger partial charge on any atom is 0.111 e. The summed E-state index contributed by atoms with van der Waals surface area (Å²) < 4.78 is 2.29. The molecule has 1 unspecified atom stereocenters. The van der Waals surface area contributed by atoms with Crippen LogP contribution in [0, 0.1) is 0 Å². The first-order chi connectivity index (χ1) is 9.30. The average molecular weight is 258 g/mol. The van der Waals surface area contributed by atoms with Crippen LogP contribution in [0.4, 0.5) is 0 Å². The molecule has 1 heterocycles. The Bertz CT molecular complexity index is 544. The fourth-order valence-corrected chi connectivity index (χ4v) is 2.39. The zero-order valence-electron chi connectivity index (χ0n) is 11.5. The molecule has 0 aliphatic heterocycles. The highest BCUT2D eigenvalue weighted by Gasteiger charge is 2.14. The Morgan fingerprint density at radius 1 is 1.47 bits per heavy atom. The average Bonchev–Trinajstić information content (AvgIpc) is 2.77. The van der Waals surface area contributed by atoms with Crippen LogP contribution >= 0.6 is 0 Å². The molecule has 0 bridgehead atoms. The quantitative estimate of drug-likeness (QED) is 0.455. The highest BCUT2D eigenvalue weighted by atomic mass is 15.2. The fourth-order valence-electron chi connectivity index (χ4n) is 2.39. The molecule has 0 fully saturated rings. The second-order valence-corrected chi connectivity index (χ2v) is 4.76. The first-order valence-corrected chi connectivity index (χ1v) is 6.81. The number of hydrazine groups is 1. The molecule has 0 amide bonds. The third-order valence-corrected chi connectivity index (χ3v) is 3.30. The lowest BCUT2D eigenvalue weighted by Gasteiger charge is -2.14. The van der Waals surface area contributed by atoms with Gasteiger partial charge in [0.05, 0.1) is 11.0 Å². The smallest absolute Gasteiger partial charge is 0.111 e. The van der Waals surface area contributed by atoms with Gasteiger partial charge in [0.15, 0.2) is 0 Å². The van der Waals surface area contributed by atoms with E-state index in [-0.39, 0.29) is 6.04 Å². The standard InChI is InChI=1S/C15H22N4/c1-3-7-12(18-16)11-15-17-13-8-5-6-9-14(13)19(15)10-4-2/h3,5-6,8-9,12,18H,1,4,7,10-11,16H2,2H3. The lowest BCUT2D eigenvalue weighted by molar-refractivity contribution is 0.504. The van der Waals surface area contributed by atoms with Crippen LogP contribution in [0.5, 0.6) is 0 Å². The van der Waals surface area contributed by atoms with Gasteiger partial charge in [-0.05, 0) is 25.0 Å². The molecular formula is C15H22N4. The van der Waals surface area contributed by atoms with Gasteiger partial charge in [-0.1, -0.05) is 25.1 Å². The van der Waals surface area contributed by atoms with Crippen LogP contribution in [-0.4, -0.2) is 15.6 Å². The zero-order chi connectivity index (χ0) is 13.7. The summed E-state index contributed by atoms with van der Waals surface area (Å²) in [5, 5.41) is 0. The van der Waals surface area contributed by atoms with Gasteiger partial charge in [0.1, 0.15) is 5.82 Å². The summed E-state index contributed by atoms with van der Waals surface area (Å²) in [6, 6.07) is 8.45. The molecule has 2 rings (SSSR count). The second kappa shape index (κ2) is 6.50. The van der Waals surface area contributed by atoms with Gasteiger partial charge in [0.25, 0.3) is 0 Å². The minimum atomic E-state index is 0.185. The van der Waals surface area contributed by atoms with Gasteiger partial charge < -0.3 is 4.57 Å². The van der Waals surface area contributed by atoms with Gasteiger partial charge in [-0.15, -0.1) is 6.58 Å². The molecule has 19 heavy (non-hydrogen) atoms. The fraction of sp³-hybridized carbons (Fsp3) is 0.400. The number of fused-ring (bicyclic) bond motifs is 1. The van der Waals surface area contributed by atoms with Crippen molar-refractivity contribution in [2.45, 2.75) is 38.8 Å². The number of nitrogens with one attached hydrogen (secondary N) is 1. The Hall–Kier alpha value is -1.65. The molecule has 1 atom stereocenters. The largest absolute Gasteiger partial charge is 0.328 e. The SMILES string of the molecule is C=CCC(Cc1nc2ccccc2n1CCC)NN. The van der Waals surface area contributed by atoms with Crippen molar-refractivity contribution in [2.75, 3.05) is 0 Å². The van der Waals surface area contributed by atoms with E-state index in [4.69, 9.17) is 10.8 Å². The molecule has 4 nitrogen and oxygen atoms in total. The number of benzene rings is 1. The van der Waals surface area contributed by atoms with Gasteiger partial charge >= 0.3 is 0 Å². The molecule has 1 aromatic carbocycles. The minimum Gasteiger partial charge on any atom is -0.328 e. The molecular weight excluding hydrogens is 236 g/mol. The zero-order valence-corrected chi connectivity index (χ0v) is 11.5. The van der Waals surface area contributed by atoms with E-state index >= 15 is 0 Å². The van der Waals surface area contributed by atoms with Crippen molar-refractivity contribution in [3.8, 4) is 0 Å². The lowest BCUT2D eigenvalue weighted by atomic mass is 10.1. The monoisotopic (exact) mass is 258 g/mol. The molecule has 102 valence electrons. The van der Waals surface area contributed by atoms with Crippen molar-refractivity contribution in [1.82, 2.24) is 15.0 Å². The highest BCUT2D eigenvalue weighted by Crippen LogP contribution is 2.18. The van der Waals surface area contributed by atoms with Crippen LogP contribution in [0.3, 0.4) is 0 Å². The number of nitrogens with two attached hydrogens (primary N) is 1. The van der Waals surface area contributed by atoms with Crippen LogP contribution < -0.4 is 11.3 Å². The molecule has 0 saturated carbocycles. The molecule has 0 aliphatic carbocycles. The normalized spacial score (nSPS) is 12.7. The number of nitrogens with zero attached hydrogens (tertiary/aromatic N) is 2. The van der Waals surface area contributed by atoms with Crippen LogP contribution in [0.2, 0.25) is 0 Å². The van der Waals surface area contributed by atoms with E-state index < -0.39 is 0 Å². The molecule has 2 aromatic rings. The summed E-state index contributed by atoms with van der Waals surface area (Å²) >= 11 is 0. The van der Waals surface area contributed by atoms with Gasteiger partial charge in [0, 0.05) is 19.0 Å². The number of aromatic nitrogens is 2. The highest BCUT2D eigenvalue weighted by molar-refractivity contribution is 5.75. The topological polar surface area (TPSA) is 55.9 Å². The Balaban J connectivity index is 2.35. The first kappa shape index (κ1) is 13.8. The first-order valence-electron chi connectivity index (χ1n) is 6.81. The van der Waals surface area contributed by atoms with E-state index in [1.165, 1.54) is 5.52 Å². The predicted molar refractivity (Wildman–Crippen MR) is 79.7 cm³/mol. The number of imidazole rings is 1. The summed E-state index contributed by atoms with van der Waals surface area (Å²) in [4.78, 5) is 4.73. The molecule has 0 radical (unpaired) electrons. The maximum atomic E-state index is 5.59. The number of aryl methyl sites for hydroxylation is 1. The number of hydrogen-bond donors (Lipinski definition) is 2. The van der Waals surface area contributed by atoms with Crippen LogP contribution in [-0.2, 0) is 13.0 Å². The molecule has 1 aromatic heterocycles. The van der Waals surface area contributed by atoms with Crippen molar-refractivity contribution >= 4 is 11.0 Å². The van der Waals surface area contributed by atoms with Gasteiger partial charge in [-0.25, -0.2) is 4.98 Å². The molecule has 0 aliphatic rings. The number of rotatable bonds is 7. The minimum absolute atomic E-state index is 0.185. The molecule has 0 saturated heterocycles. The van der Waals surface area contributed by atoms with E-state index in [9.17, 15) is 0 Å². The van der Waals surface area contributed by atoms with E-state index in [2.05, 4.69) is 41.7 Å². The maximum absolute atomic E-state index is 5.59. The summed E-state index contributed by atoms with van der Waals surface area (Å²) in [7, 11) is 0. The van der Waals surface area contributed by atoms with Gasteiger partial charge in [0.2, 0.25) is 0 Å².